The maximum absolute atomic E-state index is 12.2. The van der Waals surface area contributed by atoms with E-state index in [1.54, 1.807) is 12.3 Å². The van der Waals surface area contributed by atoms with Crippen LogP contribution in [0.2, 0.25) is 0 Å². The van der Waals surface area contributed by atoms with Gasteiger partial charge < -0.3 is 10.6 Å². The highest BCUT2D eigenvalue weighted by atomic mass is 35.5. The molecule has 1 aliphatic heterocycles. The van der Waals surface area contributed by atoms with Gasteiger partial charge in [-0.1, -0.05) is 0 Å². The van der Waals surface area contributed by atoms with E-state index < -0.39 is 0 Å². The summed E-state index contributed by atoms with van der Waals surface area (Å²) >= 11 is 5.79. The number of amides is 1. The molecule has 0 spiro atoms. The van der Waals surface area contributed by atoms with E-state index in [1.807, 2.05) is 18.2 Å². The molecule has 0 radical (unpaired) electrons. The molecule has 1 amide bonds. The van der Waals surface area contributed by atoms with Crippen molar-refractivity contribution in [1.29, 1.82) is 0 Å². The number of halogens is 1. The number of pyridine rings is 1. The van der Waals surface area contributed by atoms with Gasteiger partial charge >= 0.3 is 0 Å². The van der Waals surface area contributed by atoms with Crippen molar-refractivity contribution >= 4 is 34.3 Å². The van der Waals surface area contributed by atoms with Gasteiger partial charge in [0.15, 0.2) is 0 Å². The van der Waals surface area contributed by atoms with Gasteiger partial charge in [0.2, 0.25) is 0 Å². The van der Waals surface area contributed by atoms with E-state index in [0.29, 0.717) is 17.1 Å². The van der Waals surface area contributed by atoms with Crippen molar-refractivity contribution in [3.05, 3.63) is 36.0 Å². The number of hydrogen-bond acceptors (Lipinski definition) is 4. The van der Waals surface area contributed by atoms with Crippen LogP contribution in [-0.4, -0.2) is 41.5 Å². The second kappa shape index (κ2) is 6.50. The molecule has 1 aliphatic rings. The fourth-order valence-electron chi connectivity index (χ4n) is 2.82. The van der Waals surface area contributed by atoms with Gasteiger partial charge in [-0.05, 0) is 50.2 Å². The van der Waals surface area contributed by atoms with Gasteiger partial charge in [0, 0.05) is 42.1 Å². The first-order valence-electron chi connectivity index (χ1n) is 7.45. The van der Waals surface area contributed by atoms with Gasteiger partial charge in [0.25, 0.3) is 5.91 Å². The van der Waals surface area contributed by atoms with E-state index in [2.05, 4.69) is 15.6 Å². The van der Waals surface area contributed by atoms with Crippen molar-refractivity contribution in [3.8, 4) is 0 Å². The van der Waals surface area contributed by atoms with Crippen molar-refractivity contribution in [2.45, 2.75) is 18.9 Å². The average molecular weight is 319 g/mol. The van der Waals surface area contributed by atoms with Gasteiger partial charge in [-0.25, -0.2) is 0 Å². The lowest BCUT2D eigenvalue weighted by Crippen LogP contribution is -2.35. The molecule has 0 saturated carbocycles. The quantitative estimate of drug-likeness (QED) is 0.854. The van der Waals surface area contributed by atoms with Crippen LogP contribution in [0, 0.1) is 0 Å². The Morgan fingerprint density at radius 2 is 2.14 bits per heavy atom. The Morgan fingerprint density at radius 3 is 2.86 bits per heavy atom. The third-order valence-electron chi connectivity index (χ3n) is 3.98. The van der Waals surface area contributed by atoms with Crippen molar-refractivity contribution < 1.29 is 4.79 Å². The lowest BCUT2D eigenvalue weighted by molar-refractivity contribution is 0.0886. The Hall–Kier alpha value is -1.85. The minimum Gasteiger partial charge on any atom is -0.382 e. The molecule has 6 heteroatoms. The molecule has 22 heavy (non-hydrogen) atoms. The summed E-state index contributed by atoms with van der Waals surface area (Å²) in [4.78, 5) is 16.6. The Bertz CT molecular complexity index is 683. The van der Waals surface area contributed by atoms with Crippen LogP contribution in [0.25, 0.3) is 10.9 Å². The summed E-state index contributed by atoms with van der Waals surface area (Å²) in [7, 11) is 1.53. The lowest BCUT2D eigenvalue weighted by atomic mass is 10.0. The molecule has 116 valence electrons. The summed E-state index contributed by atoms with van der Waals surface area (Å²) in [5.41, 5.74) is 2.21. The Morgan fingerprint density at radius 1 is 1.36 bits per heavy atom. The zero-order valence-electron chi connectivity index (χ0n) is 12.5. The summed E-state index contributed by atoms with van der Waals surface area (Å²) in [5.74, 6) is -0.251. The SMILES string of the molecule is CN(Cl)C(=O)c1ccc(NC2CCNCC2)c2cccnc12. The fraction of sp³-hybridized carbons (Fsp3) is 0.375. The molecular weight excluding hydrogens is 300 g/mol. The molecule has 0 unspecified atom stereocenters. The third kappa shape index (κ3) is 3.00. The summed E-state index contributed by atoms with van der Waals surface area (Å²) in [5, 5.41) is 7.89. The van der Waals surface area contributed by atoms with Crippen LogP contribution in [0.4, 0.5) is 5.69 Å². The smallest absolute Gasteiger partial charge is 0.270 e. The van der Waals surface area contributed by atoms with Crippen LogP contribution in [0.3, 0.4) is 0 Å². The molecule has 0 atom stereocenters. The zero-order valence-corrected chi connectivity index (χ0v) is 13.2. The van der Waals surface area contributed by atoms with Crippen molar-refractivity contribution in [2.24, 2.45) is 0 Å². The van der Waals surface area contributed by atoms with Crippen LogP contribution in [0.5, 0.6) is 0 Å². The maximum atomic E-state index is 12.2. The number of aromatic nitrogens is 1. The molecule has 1 saturated heterocycles. The van der Waals surface area contributed by atoms with Crippen LogP contribution in [0.15, 0.2) is 30.5 Å². The second-order valence-electron chi connectivity index (χ2n) is 5.51. The minimum absolute atomic E-state index is 0.251. The number of piperidine rings is 1. The molecule has 0 aliphatic carbocycles. The van der Waals surface area contributed by atoms with E-state index in [-0.39, 0.29) is 5.91 Å². The highest BCUT2D eigenvalue weighted by molar-refractivity contribution is 6.25. The van der Waals surface area contributed by atoms with Gasteiger partial charge in [-0.3, -0.25) is 14.2 Å². The van der Waals surface area contributed by atoms with Gasteiger partial charge in [0.1, 0.15) is 0 Å². The summed E-state index contributed by atoms with van der Waals surface area (Å²) in [6.45, 7) is 2.06. The average Bonchev–Trinajstić information content (AvgIpc) is 2.55. The number of fused-ring (bicyclic) bond motifs is 1. The second-order valence-corrected chi connectivity index (χ2v) is 6.02. The molecule has 0 bridgehead atoms. The van der Waals surface area contributed by atoms with Crippen LogP contribution >= 0.6 is 11.8 Å². The molecule has 5 nitrogen and oxygen atoms in total. The molecular formula is C16H19ClN4O. The number of nitrogens with zero attached hydrogens (tertiary/aromatic N) is 2. The zero-order chi connectivity index (χ0) is 15.5. The Balaban J connectivity index is 1.98. The molecule has 2 N–H and O–H groups in total. The largest absolute Gasteiger partial charge is 0.382 e. The standard InChI is InChI=1S/C16H19ClN4O/c1-21(17)16(22)13-4-5-14(12-3-2-8-19-15(12)13)20-11-6-9-18-10-7-11/h2-5,8,11,18,20H,6-7,9-10H2,1H3. The van der Waals surface area contributed by atoms with E-state index in [1.165, 1.54) is 7.05 Å². The first kappa shape index (κ1) is 15.1. The fourth-order valence-corrected chi connectivity index (χ4v) is 2.91. The highest BCUT2D eigenvalue weighted by Crippen LogP contribution is 2.27. The monoisotopic (exact) mass is 318 g/mol. The Labute approximate surface area is 134 Å². The van der Waals surface area contributed by atoms with E-state index in [4.69, 9.17) is 11.8 Å². The summed E-state index contributed by atoms with van der Waals surface area (Å²) in [6, 6.07) is 8.05. The van der Waals surface area contributed by atoms with Gasteiger partial charge in [-0.2, -0.15) is 0 Å². The molecule has 2 aromatic rings. The van der Waals surface area contributed by atoms with Crippen molar-refractivity contribution in [2.75, 3.05) is 25.5 Å². The Kier molecular flexibility index (Phi) is 4.45. The molecule has 1 fully saturated rings. The molecule has 2 heterocycles. The maximum Gasteiger partial charge on any atom is 0.270 e. The number of anilines is 1. The van der Waals surface area contributed by atoms with Crippen molar-refractivity contribution in [1.82, 2.24) is 14.7 Å². The molecule has 3 rings (SSSR count). The topological polar surface area (TPSA) is 57.3 Å². The van der Waals surface area contributed by atoms with Crippen molar-refractivity contribution in [3.63, 3.8) is 0 Å². The number of carbonyl (C=O) groups is 1. The third-order valence-corrected chi connectivity index (χ3v) is 4.13. The molecule has 1 aromatic heterocycles. The molecule has 1 aromatic carbocycles. The first-order valence-corrected chi connectivity index (χ1v) is 7.79. The number of rotatable bonds is 3. The number of benzene rings is 1. The van der Waals surface area contributed by atoms with E-state index in [0.717, 1.165) is 41.4 Å². The highest BCUT2D eigenvalue weighted by Gasteiger charge is 2.18. The van der Waals surface area contributed by atoms with E-state index >= 15 is 0 Å². The number of nitrogens with one attached hydrogen (secondary N) is 2. The predicted octanol–water partition coefficient (Wildman–Crippen LogP) is 2.62. The van der Waals surface area contributed by atoms with E-state index in [9.17, 15) is 4.79 Å². The van der Waals surface area contributed by atoms with Gasteiger partial charge in [-0.15, -0.1) is 0 Å². The number of carbonyl (C=O) groups excluding carboxylic acids is 1. The summed E-state index contributed by atoms with van der Waals surface area (Å²) in [6.07, 6.45) is 3.88. The lowest BCUT2D eigenvalue weighted by Gasteiger charge is -2.25. The van der Waals surface area contributed by atoms with Gasteiger partial charge in [0.05, 0.1) is 11.1 Å². The van der Waals surface area contributed by atoms with Crippen LogP contribution < -0.4 is 10.6 Å². The van der Waals surface area contributed by atoms with Crippen LogP contribution in [0.1, 0.15) is 23.2 Å². The minimum atomic E-state index is -0.251. The normalized spacial score (nSPS) is 15.7. The van der Waals surface area contributed by atoms with Crippen LogP contribution in [-0.2, 0) is 0 Å². The summed E-state index contributed by atoms with van der Waals surface area (Å²) < 4.78 is 1.06. The first-order chi connectivity index (χ1) is 10.7. The number of hydrogen-bond donors (Lipinski definition) is 2. The predicted molar refractivity (Wildman–Crippen MR) is 89.2 cm³/mol.